The number of ketones is 1. The molecule has 0 bridgehead atoms. The van der Waals surface area contributed by atoms with Gasteiger partial charge in [0.15, 0.2) is 5.78 Å². The molecule has 19 heavy (non-hydrogen) atoms. The second-order valence-corrected chi connectivity index (χ2v) is 4.87. The molecule has 0 fully saturated rings. The van der Waals surface area contributed by atoms with E-state index in [1.54, 1.807) is 13.0 Å². The Hall–Kier alpha value is -1.68. The molecule has 4 heteroatoms. The smallest absolute Gasteiger partial charge is 0.220 e. The zero-order chi connectivity index (χ0) is 14.4. The molecule has 104 valence electrons. The first-order valence-electron chi connectivity index (χ1n) is 6.44. The Kier molecular flexibility index (Phi) is 5.70. The van der Waals surface area contributed by atoms with Crippen LogP contribution in [-0.2, 0) is 4.79 Å². The second kappa shape index (κ2) is 7.04. The van der Waals surface area contributed by atoms with Gasteiger partial charge in [-0.05, 0) is 38.0 Å². The second-order valence-electron chi connectivity index (χ2n) is 4.87. The number of Topliss-reactive ketones (excluding diaryl/α,β-unsaturated/α-hetero) is 1. The van der Waals surface area contributed by atoms with Crippen LogP contribution < -0.4 is 5.32 Å². The quantitative estimate of drug-likeness (QED) is 0.769. The molecule has 1 unspecified atom stereocenters. The van der Waals surface area contributed by atoms with E-state index >= 15 is 0 Å². The van der Waals surface area contributed by atoms with E-state index in [2.05, 4.69) is 5.32 Å². The molecule has 0 radical (unpaired) electrons. The molecule has 0 saturated heterocycles. The fourth-order valence-electron chi connectivity index (χ4n) is 1.68. The molecule has 1 amide bonds. The molecule has 0 saturated carbocycles. The summed E-state index contributed by atoms with van der Waals surface area (Å²) in [6, 6.07) is 5.28. The topological polar surface area (TPSA) is 66.4 Å². The molecule has 0 aliphatic heterocycles. The Labute approximate surface area is 113 Å². The lowest BCUT2D eigenvalue weighted by Crippen LogP contribution is -2.35. The van der Waals surface area contributed by atoms with E-state index in [1.165, 1.54) is 0 Å². The van der Waals surface area contributed by atoms with Crippen molar-refractivity contribution in [3.63, 3.8) is 0 Å². The third kappa shape index (κ3) is 4.83. The maximum Gasteiger partial charge on any atom is 0.220 e. The van der Waals surface area contributed by atoms with E-state index in [9.17, 15) is 9.59 Å². The van der Waals surface area contributed by atoms with Crippen molar-refractivity contribution in [3.8, 4) is 0 Å². The summed E-state index contributed by atoms with van der Waals surface area (Å²) in [5.41, 5.74) is 2.86. The molecule has 0 aliphatic carbocycles. The molecule has 0 aromatic heterocycles. The number of carbonyl (C=O) groups excluding carboxylic acids is 2. The standard InChI is InChI=1S/C15H21NO3/c1-10-4-5-13(8-11(10)2)14(18)6-7-15(19)16-12(3)9-17/h4-5,8,12,17H,6-7,9H2,1-3H3,(H,16,19). The first-order chi connectivity index (χ1) is 8.93. The number of rotatable bonds is 6. The first kappa shape index (κ1) is 15.4. The van der Waals surface area contributed by atoms with Crippen molar-refractivity contribution in [2.45, 2.75) is 39.7 Å². The highest BCUT2D eigenvalue weighted by Crippen LogP contribution is 2.12. The summed E-state index contributed by atoms with van der Waals surface area (Å²) in [4.78, 5) is 23.4. The summed E-state index contributed by atoms with van der Waals surface area (Å²) in [6.07, 6.45) is 0.336. The van der Waals surface area contributed by atoms with Gasteiger partial charge in [0.05, 0.1) is 6.61 Å². The van der Waals surface area contributed by atoms with Crippen molar-refractivity contribution in [2.75, 3.05) is 6.61 Å². The number of aliphatic hydroxyl groups is 1. The lowest BCUT2D eigenvalue weighted by molar-refractivity contribution is -0.121. The van der Waals surface area contributed by atoms with E-state index in [4.69, 9.17) is 5.11 Å². The van der Waals surface area contributed by atoms with Crippen LogP contribution in [0.25, 0.3) is 0 Å². The van der Waals surface area contributed by atoms with Crippen molar-refractivity contribution in [1.29, 1.82) is 0 Å². The van der Waals surface area contributed by atoms with Gasteiger partial charge in [0.25, 0.3) is 0 Å². The Bertz CT molecular complexity index is 468. The normalized spacial score (nSPS) is 12.0. The van der Waals surface area contributed by atoms with Crippen molar-refractivity contribution in [3.05, 3.63) is 34.9 Å². The van der Waals surface area contributed by atoms with Gasteiger partial charge in [-0.25, -0.2) is 0 Å². The average molecular weight is 263 g/mol. The van der Waals surface area contributed by atoms with Crippen LogP contribution in [0.3, 0.4) is 0 Å². The minimum absolute atomic E-state index is 0.0325. The predicted molar refractivity (Wildman–Crippen MR) is 74.2 cm³/mol. The minimum Gasteiger partial charge on any atom is -0.394 e. The molecule has 0 aliphatic rings. The summed E-state index contributed by atoms with van der Waals surface area (Å²) >= 11 is 0. The van der Waals surface area contributed by atoms with Gasteiger partial charge in [0.2, 0.25) is 5.91 Å². The van der Waals surface area contributed by atoms with Crippen LogP contribution in [-0.4, -0.2) is 29.4 Å². The lowest BCUT2D eigenvalue weighted by Gasteiger charge is -2.10. The summed E-state index contributed by atoms with van der Waals surface area (Å²) < 4.78 is 0. The van der Waals surface area contributed by atoms with Crippen LogP contribution >= 0.6 is 0 Å². The third-order valence-electron chi connectivity index (χ3n) is 3.09. The highest BCUT2D eigenvalue weighted by Gasteiger charge is 2.11. The fraction of sp³-hybridized carbons (Fsp3) is 0.467. The van der Waals surface area contributed by atoms with Gasteiger partial charge in [-0.2, -0.15) is 0 Å². The number of aryl methyl sites for hydroxylation is 2. The zero-order valence-corrected chi connectivity index (χ0v) is 11.7. The maximum atomic E-state index is 11.9. The Morgan fingerprint density at radius 2 is 1.89 bits per heavy atom. The summed E-state index contributed by atoms with van der Waals surface area (Å²) in [5, 5.41) is 11.4. The van der Waals surface area contributed by atoms with Gasteiger partial charge in [-0.1, -0.05) is 12.1 Å². The van der Waals surface area contributed by atoms with Gasteiger partial charge in [0, 0.05) is 24.4 Å². The van der Waals surface area contributed by atoms with Crippen LogP contribution in [0.2, 0.25) is 0 Å². The van der Waals surface area contributed by atoms with Gasteiger partial charge in [0.1, 0.15) is 0 Å². The lowest BCUT2D eigenvalue weighted by atomic mass is 10.0. The molecule has 1 rings (SSSR count). The molecule has 1 atom stereocenters. The minimum atomic E-state index is -0.274. The number of benzene rings is 1. The Balaban J connectivity index is 2.51. The van der Waals surface area contributed by atoms with Crippen LogP contribution in [0.4, 0.5) is 0 Å². The number of amides is 1. The van der Waals surface area contributed by atoms with E-state index in [0.717, 1.165) is 11.1 Å². The fourth-order valence-corrected chi connectivity index (χ4v) is 1.68. The van der Waals surface area contributed by atoms with Crippen LogP contribution in [0.1, 0.15) is 41.3 Å². The van der Waals surface area contributed by atoms with E-state index in [-0.39, 0.29) is 37.2 Å². The highest BCUT2D eigenvalue weighted by atomic mass is 16.3. The van der Waals surface area contributed by atoms with Crippen molar-refractivity contribution < 1.29 is 14.7 Å². The number of hydrogen-bond donors (Lipinski definition) is 2. The van der Waals surface area contributed by atoms with Crippen molar-refractivity contribution in [2.24, 2.45) is 0 Å². The summed E-state index contributed by atoms with van der Waals surface area (Å²) in [6.45, 7) is 5.56. The SMILES string of the molecule is Cc1ccc(C(=O)CCC(=O)NC(C)CO)cc1C. The summed E-state index contributed by atoms with van der Waals surface area (Å²) in [7, 11) is 0. The number of aliphatic hydroxyl groups excluding tert-OH is 1. The molecule has 4 nitrogen and oxygen atoms in total. The van der Waals surface area contributed by atoms with Crippen molar-refractivity contribution in [1.82, 2.24) is 5.32 Å². The van der Waals surface area contributed by atoms with E-state index < -0.39 is 0 Å². The Morgan fingerprint density at radius 1 is 1.21 bits per heavy atom. The van der Waals surface area contributed by atoms with Crippen LogP contribution in [0, 0.1) is 13.8 Å². The zero-order valence-electron chi connectivity index (χ0n) is 11.7. The molecule has 1 aromatic rings. The first-order valence-corrected chi connectivity index (χ1v) is 6.44. The van der Waals surface area contributed by atoms with E-state index in [1.807, 2.05) is 26.0 Å². The van der Waals surface area contributed by atoms with Gasteiger partial charge < -0.3 is 10.4 Å². The molecular weight excluding hydrogens is 242 g/mol. The number of nitrogens with one attached hydrogen (secondary N) is 1. The van der Waals surface area contributed by atoms with Gasteiger partial charge in [-0.3, -0.25) is 9.59 Å². The van der Waals surface area contributed by atoms with Crippen molar-refractivity contribution >= 4 is 11.7 Å². The molecule has 0 heterocycles. The number of hydrogen-bond acceptors (Lipinski definition) is 3. The third-order valence-corrected chi connectivity index (χ3v) is 3.09. The van der Waals surface area contributed by atoms with Gasteiger partial charge in [-0.15, -0.1) is 0 Å². The predicted octanol–water partition coefficient (Wildman–Crippen LogP) is 1.76. The van der Waals surface area contributed by atoms with Crippen LogP contribution in [0.15, 0.2) is 18.2 Å². The maximum absolute atomic E-state index is 11.9. The summed E-state index contributed by atoms with van der Waals surface area (Å²) in [5.74, 6) is -0.242. The largest absolute Gasteiger partial charge is 0.394 e. The monoisotopic (exact) mass is 263 g/mol. The van der Waals surface area contributed by atoms with E-state index in [0.29, 0.717) is 5.56 Å². The molecule has 0 spiro atoms. The van der Waals surface area contributed by atoms with Crippen LogP contribution in [0.5, 0.6) is 0 Å². The van der Waals surface area contributed by atoms with Gasteiger partial charge >= 0.3 is 0 Å². The molecule has 2 N–H and O–H groups in total. The number of carbonyl (C=O) groups is 2. The molecular formula is C15H21NO3. The molecule has 1 aromatic carbocycles. The highest BCUT2D eigenvalue weighted by molar-refractivity contribution is 5.98. The Morgan fingerprint density at radius 3 is 2.47 bits per heavy atom. The average Bonchev–Trinajstić information content (AvgIpc) is 2.39.